The third-order valence-corrected chi connectivity index (χ3v) is 11.5. The summed E-state index contributed by atoms with van der Waals surface area (Å²) in [5, 5.41) is 22.5. The van der Waals surface area contributed by atoms with Crippen molar-refractivity contribution in [1.82, 2.24) is 10.9 Å². The fourth-order valence-electron chi connectivity index (χ4n) is 3.00. The number of nitrogens with zero attached hydrogens (tertiary/aromatic N) is 1. The molecule has 2 amide bonds. The molecule has 10 heteroatoms. The van der Waals surface area contributed by atoms with Crippen LogP contribution in [0, 0.1) is 18.3 Å². The van der Waals surface area contributed by atoms with Gasteiger partial charge < -0.3 is 14.8 Å². The molecule has 36 heavy (non-hydrogen) atoms. The normalized spacial score (nSPS) is 13.3. The maximum atomic E-state index is 12.7. The summed E-state index contributed by atoms with van der Waals surface area (Å²) in [4.78, 5) is 25.3. The van der Waals surface area contributed by atoms with Gasteiger partial charge in [0.1, 0.15) is 12.1 Å². The lowest BCUT2D eigenvalue weighted by molar-refractivity contribution is -0.124. The number of aliphatic hydroxyl groups is 1. The molecular weight excluding hydrogens is 496 g/mol. The first-order valence-electron chi connectivity index (χ1n) is 11.6. The van der Waals surface area contributed by atoms with E-state index in [2.05, 4.69) is 50.0 Å². The van der Waals surface area contributed by atoms with Crippen LogP contribution in [-0.4, -0.2) is 37.4 Å². The predicted octanol–water partition coefficient (Wildman–Crippen LogP) is 4.66. The summed E-state index contributed by atoms with van der Waals surface area (Å²) in [5.74, 6) is -1.14. The van der Waals surface area contributed by atoms with Crippen LogP contribution in [0.1, 0.15) is 54.7 Å². The van der Waals surface area contributed by atoms with E-state index < -0.39 is 32.3 Å². The summed E-state index contributed by atoms with van der Waals surface area (Å²) in [5.41, 5.74) is 7.41. The van der Waals surface area contributed by atoms with Gasteiger partial charge in [-0.3, -0.25) is 20.4 Å². The number of hydrogen-bond donors (Lipinski definition) is 4. The van der Waals surface area contributed by atoms with E-state index in [1.54, 1.807) is 25.1 Å². The molecule has 0 radical (unpaired) electrons. The van der Waals surface area contributed by atoms with E-state index in [0.717, 1.165) is 5.56 Å². The molecule has 2 atom stereocenters. The van der Waals surface area contributed by atoms with Crippen LogP contribution in [-0.2, 0) is 15.8 Å². The summed E-state index contributed by atoms with van der Waals surface area (Å²) in [6.45, 7) is 14.5. The topological polar surface area (TPSA) is 123 Å². The van der Waals surface area contributed by atoms with Crippen LogP contribution >= 0.6 is 11.6 Å². The number of aliphatic hydroxyl groups excluding tert-OH is 1. The van der Waals surface area contributed by atoms with Gasteiger partial charge in [0, 0.05) is 11.3 Å². The molecule has 8 nitrogen and oxygen atoms in total. The number of nitrogens with one attached hydrogen (secondary N) is 3. The van der Waals surface area contributed by atoms with Crippen LogP contribution in [0.15, 0.2) is 36.4 Å². The number of anilines is 1. The number of carbonyl (C=O) groups excluding carboxylic acids is 2. The molecule has 0 aliphatic rings. The second-order valence-electron chi connectivity index (χ2n) is 10.3. The number of amides is 2. The monoisotopic (exact) mass is 530 g/mol. The Kier molecular flexibility index (Phi) is 9.68. The first-order chi connectivity index (χ1) is 16.7. The Balaban J connectivity index is 1.99. The minimum absolute atomic E-state index is 0.106. The number of carbonyl (C=O) groups is 2. The summed E-state index contributed by atoms with van der Waals surface area (Å²) in [6, 6.07) is 11.0. The number of benzene rings is 2. The minimum atomic E-state index is -1.88. The fraction of sp³-hybridized carbons (Fsp3) is 0.423. The van der Waals surface area contributed by atoms with Crippen molar-refractivity contribution in [3.63, 3.8) is 0 Å². The van der Waals surface area contributed by atoms with Crippen LogP contribution in [0.4, 0.5) is 5.69 Å². The average molecular weight is 531 g/mol. The quantitative estimate of drug-likeness (QED) is 0.290. The van der Waals surface area contributed by atoms with Crippen molar-refractivity contribution < 1.29 is 19.1 Å². The molecule has 0 saturated carbocycles. The standard InChI is InChI=1S/C26H35ClN4O4Si/c1-16-21(13-12-20(14-28)22(16)27)29-23(17(2)32)25(34)31-30-24(33)19-10-8-18(9-11-19)15-35-36(6,7)26(3,4)5/h8-13,17,23,29,32H,15H2,1-7H3,(H,30,33)(H,31,34). The highest BCUT2D eigenvalue weighted by atomic mass is 35.5. The fourth-order valence-corrected chi connectivity index (χ4v) is 4.17. The zero-order chi connectivity index (χ0) is 27.3. The van der Waals surface area contributed by atoms with E-state index in [9.17, 15) is 14.7 Å². The summed E-state index contributed by atoms with van der Waals surface area (Å²) in [6.07, 6.45) is -1.09. The summed E-state index contributed by atoms with van der Waals surface area (Å²) >= 11 is 6.20. The van der Waals surface area contributed by atoms with E-state index in [0.29, 0.717) is 29.0 Å². The van der Waals surface area contributed by atoms with E-state index in [4.69, 9.17) is 21.3 Å². The number of rotatable bonds is 8. The van der Waals surface area contributed by atoms with Crippen LogP contribution in [0.5, 0.6) is 0 Å². The maximum absolute atomic E-state index is 12.7. The molecule has 2 aromatic rings. The average Bonchev–Trinajstić information content (AvgIpc) is 2.81. The van der Waals surface area contributed by atoms with Gasteiger partial charge in [-0.15, -0.1) is 0 Å². The van der Waals surface area contributed by atoms with Gasteiger partial charge in [-0.1, -0.05) is 44.5 Å². The lowest BCUT2D eigenvalue weighted by Crippen LogP contribution is -2.52. The molecule has 0 spiro atoms. The van der Waals surface area contributed by atoms with Gasteiger partial charge in [0.25, 0.3) is 11.8 Å². The SMILES string of the molecule is Cc1c(NC(C(=O)NNC(=O)c2ccc(CO[Si](C)(C)C(C)(C)C)cc2)C(C)O)ccc(C#N)c1Cl. The van der Waals surface area contributed by atoms with Crippen LogP contribution < -0.4 is 16.2 Å². The van der Waals surface area contributed by atoms with Gasteiger partial charge in [-0.2, -0.15) is 5.26 Å². The third-order valence-electron chi connectivity index (χ3n) is 6.50. The van der Waals surface area contributed by atoms with Gasteiger partial charge in [0.2, 0.25) is 0 Å². The van der Waals surface area contributed by atoms with Crippen molar-refractivity contribution in [2.24, 2.45) is 0 Å². The van der Waals surface area contributed by atoms with Crippen LogP contribution in [0.3, 0.4) is 0 Å². The molecule has 0 aliphatic heterocycles. The highest BCUT2D eigenvalue weighted by Gasteiger charge is 2.37. The highest BCUT2D eigenvalue weighted by Crippen LogP contribution is 2.37. The molecule has 0 heterocycles. The number of nitriles is 1. The highest BCUT2D eigenvalue weighted by molar-refractivity contribution is 6.74. The molecule has 2 rings (SSSR count). The molecule has 0 saturated heterocycles. The van der Waals surface area contributed by atoms with E-state index in [1.807, 2.05) is 18.2 Å². The zero-order valence-corrected chi connectivity index (χ0v) is 23.6. The van der Waals surface area contributed by atoms with E-state index >= 15 is 0 Å². The first-order valence-corrected chi connectivity index (χ1v) is 14.9. The Morgan fingerprint density at radius 3 is 2.28 bits per heavy atom. The van der Waals surface area contributed by atoms with Crippen LogP contribution in [0.25, 0.3) is 0 Å². The molecule has 194 valence electrons. The number of halogens is 1. The van der Waals surface area contributed by atoms with Crippen molar-refractivity contribution in [1.29, 1.82) is 5.26 Å². The van der Waals surface area contributed by atoms with Crippen molar-refractivity contribution in [2.75, 3.05) is 5.32 Å². The van der Waals surface area contributed by atoms with Crippen molar-refractivity contribution >= 4 is 37.4 Å². The van der Waals surface area contributed by atoms with Crippen molar-refractivity contribution in [3.05, 3.63) is 63.7 Å². The Morgan fingerprint density at radius 2 is 1.75 bits per heavy atom. The molecule has 4 N–H and O–H groups in total. The maximum Gasteiger partial charge on any atom is 0.269 e. The Morgan fingerprint density at radius 1 is 1.14 bits per heavy atom. The van der Waals surface area contributed by atoms with Gasteiger partial charge >= 0.3 is 0 Å². The lowest BCUT2D eigenvalue weighted by atomic mass is 10.1. The summed E-state index contributed by atoms with van der Waals surface area (Å²) < 4.78 is 6.21. The number of hydrazine groups is 1. The largest absolute Gasteiger partial charge is 0.413 e. The van der Waals surface area contributed by atoms with Gasteiger partial charge in [-0.05, 0) is 67.4 Å². The second-order valence-corrected chi connectivity index (χ2v) is 15.5. The first kappa shape index (κ1) is 29.3. The molecular formula is C26H35ClN4O4Si. The molecule has 0 fully saturated rings. The van der Waals surface area contributed by atoms with E-state index in [-0.39, 0.29) is 10.1 Å². The minimum Gasteiger partial charge on any atom is -0.413 e. The summed E-state index contributed by atoms with van der Waals surface area (Å²) in [7, 11) is -1.88. The predicted molar refractivity (Wildman–Crippen MR) is 144 cm³/mol. The zero-order valence-electron chi connectivity index (χ0n) is 21.8. The van der Waals surface area contributed by atoms with Crippen molar-refractivity contribution in [2.45, 2.75) is 71.5 Å². The molecule has 0 aromatic heterocycles. The smallest absolute Gasteiger partial charge is 0.269 e. The lowest BCUT2D eigenvalue weighted by Gasteiger charge is -2.36. The van der Waals surface area contributed by atoms with Gasteiger partial charge in [-0.25, -0.2) is 0 Å². The number of hydrogen-bond acceptors (Lipinski definition) is 6. The van der Waals surface area contributed by atoms with Gasteiger partial charge in [0.05, 0.1) is 23.3 Å². The Bertz CT molecular complexity index is 1140. The van der Waals surface area contributed by atoms with E-state index in [1.165, 1.54) is 13.0 Å². The molecule has 0 aliphatic carbocycles. The molecule has 2 unspecified atom stereocenters. The van der Waals surface area contributed by atoms with Crippen molar-refractivity contribution in [3.8, 4) is 6.07 Å². The Hall–Kier alpha value is -2.90. The molecule has 2 aromatic carbocycles. The molecule has 0 bridgehead atoms. The van der Waals surface area contributed by atoms with Gasteiger partial charge in [0.15, 0.2) is 8.32 Å². The Labute approximate surface area is 219 Å². The van der Waals surface area contributed by atoms with Crippen LogP contribution in [0.2, 0.25) is 23.2 Å². The second kappa shape index (κ2) is 11.9. The third kappa shape index (κ3) is 7.31.